The van der Waals surface area contributed by atoms with Gasteiger partial charge in [0.25, 0.3) is 5.91 Å². The third kappa shape index (κ3) is 26.5. The smallest absolute Gasteiger partial charge is 0.373 e. The highest BCUT2D eigenvalue weighted by molar-refractivity contribution is 8.08. The van der Waals surface area contributed by atoms with Crippen LogP contribution in [0.3, 0.4) is 0 Å². The summed E-state index contributed by atoms with van der Waals surface area (Å²) in [7, 11) is 5.67. The normalized spacial score (nSPS) is 17.8. The van der Waals surface area contributed by atoms with Crippen LogP contribution in [0.2, 0.25) is 0 Å². The van der Waals surface area contributed by atoms with E-state index in [-0.39, 0.29) is 42.9 Å². The zero-order valence-corrected chi connectivity index (χ0v) is 49.1. The van der Waals surface area contributed by atoms with Gasteiger partial charge in [0, 0.05) is 29.1 Å². The van der Waals surface area contributed by atoms with Crippen LogP contribution in [-0.2, 0) is 57.0 Å². The maximum absolute atomic E-state index is 12.4. The fraction of sp³-hybridized carbons (Fsp3) is 0.655. The Kier molecular flexibility index (Phi) is 35.0. The number of carboxylic acids is 1. The van der Waals surface area contributed by atoms with Gasteiger partial charge in [0.05, 0.1) is 103 Å². The van der Waals surface area contributed by atoms with Crippen molar-refractivity contribution < 1.29 is 62.1 Å². The molecule has 19 heteroatoms. The first-order chi connectivity index (χ1) is 36.9. The van der Waals surface area contributed by atoms with Crippen LogP contribution in [0.4, 0.5) is 0 Å². The summed E-state index contributed by atoms with van der Waals surface area (Å²) in [5, 5.41) is 16.2. The molecule has 0 bridgehead atoms. The molecule has 2 aliphatic heterocycles. The van der Waals surface area contributed by atoms with Crippen molar-refractivity contribution in [2.24, 2.45) is 17.1 Å². The number of carboxylic acid groups (broad SMARTS) is 1. The molecule has 0 spiro atoms. The molecular weight excluding hydrogens is 1000 g/mol. The van der Waals surface area contributed by atoms with Crippen molar-refractivity contribution in [3.63, 3.8) is 0 Å². The number of Topliss-reactive ketones (excluding diaryl/α,β-unsaturated/α-hetero) is 1. The second kappa shape index (κ2) is 39.1. The largest absolute Gasteiger partial charge is 0.570 e. The number of aliphatic carboxylic acids is 1. The predicted molar refractivity (Wildman–Crippen MR) is 306 cm³/mol. The number of ketones is 1. The summed E-state index contributed by atoms with van der Waals surface area (Å²) in [5.74, 6) is -0.826. The van der Waals surface area contributed by atoms with Crippen LogP contribution in [0.15, 0.2) is 47.9 Å². The van der Waals surface area contributed by atoms with Gasteiger partial charge in [-0.1, -0.05) is 76.6 Å². The first-order valence-corrected chi connectivity index (χ1v) is 28.3. The van der Waals surface area contributed by atoms with Crippen LogP contribution < -0.4 is 16.4 Å². The average Bonchev–Trinajstić information content (AvgIpc) is 4.05. The third-order valence-electron chi connectivity index (χ3n) is 12.8. The van der Waals surface area contributed by atoms with Crippen molar-refractivity contribution in [1.29, 1.82) is 0 Å². The molecule has 432 valence electrons. The molecule has 2 fully saturated rings. The van der Waals surface area contributed by atoms with E-state index in [0.717, 1.165) is 79.6 Å². The maximum Gasteiger partial charge on any atom is 0.373 e. The van der Waals surface area contributed by atoms with Crippen molar-refractivity contribution in [2.45, 2.75) is 133 Å². The van der Waals surface area contributed by atoms with Crippen molar-refractivity contribution >= 4 is 54.4 Å². The van der Waals surface area contributed by atoms with Crippen LogP contribution in [-0.4, -0.2) is 159 Å². The molecular formula is C58H93BN4O13S. The molecule has 77 heavy (non-hydrogen) atoms. The summed E-state index contributed by atoms with van der Waals surface area (Å²) in [6.07, 6.45) is 5.68. The van der Waals surface area contributed by atoms with Crippen LogP contribution in [0.1, 0.15) is 133 Å². The monoisotopic (exact) mass is 1100 g/mol. The van der Waals surface area contributed by atoms with E-state index in [0.29, 0.717) is 96.0 Å². The maximum atomic E-state index is 12.4. The number of hydrogen-bond acceptors (Lipinski definition) is 15. The molecule has 5 N–H and O–H groups in total. The number of thioether (sulfide) groups is 1. The molecule has 5 rings (SSSR count). The number of allylic oxidation sites excluding steroid dienone is 2. The molecule has 2 atom stereocenters. The van der Waals surface area contributed by atoms with Gasteiger partial charge in [-0.15, -0.1) is 11.8 Å². The molecule has 2 unspecified atom stereocenters. The minimum absolute atomic E-state index is 0.0611. The predicted octanol–water partition coefficient (Wildman–Crippen LogP) is 8.26. The molecule has 2 aromatic rings. The minimum atomic E-state index is -1.04. The molecule has 2 heterocycles. The van der Waals surface area contributed by atoms with Crippen LogP contribution >= 0.6 is 11.8 Å². The molecule has 3 aliphatic rings. The van der Waals surface area contributed by atoms with E-state index in [1.807, 2.05) is 72.4 Å². The number of nitrogens with zero attached hydrogens (tertiary/aromatic N) is 1. The molecule has 1 aliphatic carbocycles. The quantitative estimate of drug-likeness (QED) is 0.0145. The SMILES string of the molecule is CC.CC(C)(C)CN.CC1=C(c2ccc(C(C)NC=O)cc2)SCN1.[B]O/C(=C(/C(=O)O)c1c(C)cc(C)cc1C)C1CCC(OCCOCCOCCOCCOCCOCCOCC(=O)C(=O)N2CCCC2C)CC1. The van der Waals surface area contributed by atoms with Crippen molar-refractivity contribution in [3.8, 4) is 0 Å². The highest BCUT2D eigenvalue weighted by atomic mass is 32.2. The Morgan fingerprint density at radius 3 is 1.73 bits per heavy atom. The zero-order chi connectivity index (χ0) is 57.2. The second-order valence-electron chi connectivity index (χ2n) is 20.1. The number of likely N-dealkylation sites (tertiary alicyclic amines) is 1. The number of ether oxygens (including phenoxy) is 7. The lowest BCUT2D eigenvalue weighted by molar-refractivity contribution is -0.147. The minimum Gasteiger partial charge on any atom is -0.570 e. The van der Waals surface area contributed by atoms with E-state index in [9.17, 15) is 24.3 Å². The number of benzene rings is 2. The lowest BCUT2D eigenvalue weighted by atomic mass is 9.82. The van der Waals surface area contributed by atoms with E-state index in [4.69, 9.17) is 51.6 Å². The second-order valence-corrected chi connectivity index (χ2v) is 21.1. The van der Waals surface area contributed by atoms with Crippen LogP contribution in [0, 0.1) is 32.1 Å². The van der Waals surface area contributed by atoms with Gasteiger partial charge in [0.1, 0.15) is 12.2 Å². The molecule has 1 saturated heterocycles. The van der Waals surface area contributed by atoms with Gasteiger partial charge >= 0.3 is 14.0 Å². The highest BCUT2D eigenvalue weighted by Gasteiger charge is 2.31. The Hall–Kier alpha value is -4.31. The van der Waals surface area contributed by atoms with Crippen LogP contribution in [0.5, 0.6) is 0 Å². The number of amides is 2. The van der Waals surface area contributed by atoms with E-state index in [2.05, 4.69) is 62.6 Å². The zero-order valence-electron chi connectivity index (χ0n) is 48.3. The van der Waals surface area contributed by atoms with Crippen molar-refractivity contribution in [2.75, 3.05) is 105 Å². The standard InChI is InChI=1S/C38H58BNO12.C13H16N2OS.C5H13N.C2H6/c1-27-24-28(2)34(29(3)25-27)35(38(43)44)36(52-39)31-7-9-32(10-8-31)51-23-22-49-19-18-47-15-14-45-12-13-46-16-17-48-20-21-50-26-33(41)37(42)40-11-5-6-30(40)4;1-9(14-7-16)11-3-5-12(6-4-11)13-10(2)15-8-17-13;1-5(2,3)4-6;1-2/h24-25,30-32H,5-23,26H2,1-4H3,(H,43,44);3-7,9,15H,8H2,1-2H3,(H,14,16);4,6H2,1-3H3;1-2H3/b36-35+;;;. The molecule has 17 nitrogen and oxygen atoms in total. The number of carbonyl (C=O) groups is 4. The lowest BCUT2D eigenvalue weighted by Crippen LogP contribution is -2.40. The first-order valence-electron chi connectivity index (χ1n) is 27.3. The van der Waals surface area contributed by atoms with Gasteiger partial charge in [-0.25, -0.2) is 4.79 Å². The molecule has 0 aromatic heterocycles. The summed E-state index contributed by atoms with van der Waals surface area (Å²) in [5.41, 5.74) is 12.9. The van der Waals surface area contributed by atoms with E-state index < -0.39 is 17.7 Å². The number of carbonyl (C=O) groups excluding carboxylic acids is 3. The third-order valence-corrected chi connectivity index (χ3v) is 13.9. The Bertz CT molecular complexity index is 2070. The Morgan fingerprint density at radius 1 is 0.818 bits per heavy atom. The fourth-order valence-corrected chi connectivity index (χ4v) is 9.61. The van der Waals surface area contributed by atoms with Crippen LogP contribution in [0.25, 0.3) is 10.5 Å². The van der Waals surface area contributed by atoms with Gasteiger partial charge < -0.3 is 64.2 Å². The van der Waals surface area contributed by atoms with E-state index in [1.54, 1.807) is 4.90 Å². The summed E-state index contributed by atoms with van der Waals surface area (Å²) in [4.78, 5) is 49.8. The molecule has 2 amide bonds. The van der Waals surface area contributed by atoms with Crippen molar-refractivity contribution in [3.05, 3.63) is 81.2 Å². The number of nitrogens with one attached hydrogen (secondary N) is 2. The number of hydrogen-bond donors (Lipinski definition) is 4. The topological polar surface area (TPSA) is 216 Å². The average molecular weight is 1100 g/mol. The first kappa shape index (κ1) is 68.8. The Labute approximate surface area is 466 Å². The molecule has 1 saturated carbocycles. The summed E-state index contributed by atoms with van der Waals surface area (Å²) >= 11 is 1.82. The van der Waals surface area contributed by atoms with Gasteiger partial charge in [0.2, 0.25) is 12.2 Å². The molecule has 2 radical (unpaired) electrons. The summed E-state index contributed by atoms with van der Waals surface area (Å²) in [6.45, 7) is 28.3. The summed E-state index contributed by atoms with van der Waals surface area (Å²) in [6, 6.07) is 12.5. The van der Waals surface area contributed by atoms with Gasteiger partial charge in [-0.3, -0.25) is 14.4 Å². The Balaban J connectivity index is 0.000000661. The van der Waals surface area contributed by atoms with Gasteiger partial charge in [-0.2, -0.15) is 0 Å². The number of rotatable bonds is 30. The molecule has 2 aromatic carbocycles. The van der Waals surface area contributed by atoms with E-state index in [1.165, 1.54) is 16.2 Å². The van der Waals surface area contributed by atoms with Crippen molar-refractivity contribution in [1.82, 2.24) is 15.5 Å². The number of aryl methyl sites for hydroxylation is 3. The Morgan fingerprint density at radius 2 is 1.31 bits per heavy atom. The fourth-order valence-electron chi connectivity index (χ4n) is 8.58. The lowest BCUT2D eigenvalue weighted by Gasteiger charge is -2.31. The van der Waals surface area contributed by atoms with E-state index >= 15 is 0 Å². The highest BCUT2D eigenvalue weighted by Crippen LogP contribution is 2.38. The number of nitrogens with two attached hydrogens (primary N) is 1. The van der Waals surface area contributed by atoms with Gasteiger partial charge in [-0.05, 0) is 120 Å². The summed E-state index contributed by atoms with van der Waals surface area (Å²) < 4.78 is 44.1. The van der Waals surface area contributed by atoms with Gasteiger partial charge in [0.15, 0.2) is 0 Å².